The van der Waals surface area contributed by atoms with Crippen LogP contribution in [-0.4, -0.2) is 6.61 Å². The summed E-state index contributed by atoms with van der Waals surface area (Å²) in [6.07, 6.45) is 4.15. The fraction of sp³-hybridized carbons (Fsp3) is 0.273. The van der Waals surface area contributed by atoms with Gasteiger partial charge in [-0.05, 0) is 74.7 Å². The number of allylic oxidation sites excluding steroid dienone is 2. The molecule has 0 saturated carbocycles. The van der Waals surface area contributed by atoms with Gasteiger partial charge in [-0.2, -0.15) is 0 Å². The Kier molecular flexibility index (Phi) is 8.27. The van der Waals surface area contributed by atoms with Gasteiger partial charge in [0.15, 0.2) is 11.6 Å². The fourth-order valence-electron chi connectivity index (χ4n) is 2.63. The highest BCUT2D eigenvalue weighted by atomic mass is 79.9. The van der Waals surface area contributed by atoms with Crippen molar-refractivity contribution >= 4 is 31.9 Å². The lowest BCUT2D eigenvalue weighted by Crippen LogP contribution is -2.17. The van der Waals surface area contributed by atoms with Crippen molar-refractivity contribution in [2.75, 3.05) is 6.61 Å². The smallest absolute Gasteiger partial charge is 0.165 e. The number of benzene rings is 2. The maximum absolute atomic E-state index is 14.0. The predicted molar refractivity (Wildman–Crippen MR) is 116 cm³/mol. The maximum atomic E-state index is 14.0. The van der Waals surface area contributed by atoms with Gasteiger partial charge in [-0.15, -0.1) is 0 Å². The molecule has 0 atom stereocenters. The van der Waals surface area contributed by atoms with E-state index in [2.05, 4.69) is 51.8 Å². The van der Waals surface area contributed by atoms with Gasteiger partial charge in [0.1, 0.15) is 5.75 Å². The van der Waals surface area contributed by atoms with Gasteiger partial charge >= 0.3 is 0 Å². The summed E-state index contributed by atoms with van der Waals surface area (Å²) in [7, 11) is 0. The summed E-state index contributed by atoms with van der Waals surface area (Å²) in [4.78, 5) is 0. The van der Waals surface area contributed by atoms with Crippen LogP contribution in [0.2, 0.25) is 0 Å². The van der Waals surface area contributed by atoms with Crippen molar-refractivity contribution in [2.24, 2.45) is 5.41 Å². The van der Waals surface area contributed by atoms with E-state index in [1.165, 1.54) is 6.07 Å². The third kappa shape index (κ3) is 7.99. The van der Waals surface area contributed by atoms with Gasteiger partial charge in [-0.3, -0.25) is 0 Å². The van der Waals surface area contributed by atoms with Gasteiger partial charge in [-0.25, -0.2) is 4.39 Å². The van der Waals surface area contributed by atoms with Gasteiger partial charge < -0.3 is 9.47 Å². The molecule has 0 aliphatic rings. The van der Waals surface area contributed by atoms with E-state index in [0.29, 0.717) is 19.0 Å². The zero-order chi connectivity index (χ0) is 19.9. The lowest BCUT2D eigenvalue weighted by Gasteiger charge is -2.21. The summed E-state index contributed by atoms with van der Waals surface area (Å²) in [5.74, 6) is 0.403. The molecule has 0 fully saturated rings. The number of halogens is 3. The molecule has 0 unspecified atom stereocenters. The molecule has 27 heavy (non-hydrogen) atoms. The number of hydrogen-bond acceptors (Lipinski definition) is 2. The van der Waals surface area contributed by atoms with E-state index in [0.717, 1.165) is 14.5 Å². The van der Waals surface area contributed by atoms with Crippen molar-refractivity contribution < 1.29 is 13.9 Å². The number of hydrogen-bond donors (Lipinski definition) is 0. The van der Waals surface area contributed by atoms with Crippen molar-refractivity contribution in [3.05, 3.63) is 81.0 Å². The average Bonchev–Trinajstić information content (AvgIpc) is 2.57. The van der Waals surface area contributed by atoms with E-state index >= 15 is 0 Å². The van der Waals surface area contributed by atoms with E-state index in [1.807, 2.05) is 31.2 Å². The summed E-state index contributed by atoms with van der Waals surface area (Å²) in [5, 5.41) is 0. The minimum absolute atomic E-state index is 0.126. The molecule has 0 radical (unpaired) electrons. The Bertz CT molecular complexity index is 810. The monoisotopic (exact) mass is 496 g/mol. The van der Waals surface area contributed by atoms with Crippen LogP contribution in [0.3, 0.4) is 0 Å². The van der Waals surface area contributed by atoms with Crippen LogP contribution in [0.25, 0.3) is 0 Å². The highest BCUT2D eigenvalue weighted by molar-refractivity contribution is 9.28. The molecular weight excluding hydrogens is 475 g/mol. The molecule has 0 aliphatic carbocycles. The maximum Gasteiger partial charge on any atom is 0.165 e. The lowest BCUT2D eigenvalue weighted by molar-refractivity contribution is 0.0713. The zero-order valence-electron chi connectivity index (χ0n) is 15.6. The molecule has 0 saturated heterocycles. The zero-order valence-corrected chi connectivity index (χ0v) is 18.8. The van der Waals surface area contributed by atoms with Gasteiger partial charge in [0.05, 0.1) is 16.6 Å². The Morgan fingerprint density at radius 3 is 2.48 bits per heavy atom. The van der Waals surface area contributed by atoms with Crippen LogP contribution in [0.5, 0.6) is 11.5 Å². The molecule has 2 aromatic rings. The summed E-state index contributed by atoms with van der Waals surface area (Å²) in [5.41, 5.74) is 1.87. The third-order valence-corrected chi connectivity index (χ3v) is 4.12. The summed E-state index contributed by atoms with van der Waals surface area (Å²) in [6, 6.07) is 14.0. The molecule has 2 nitrogen and oxygen atoms in total. The Hall–Kier alpha value is -1.43. The van der Waals surface area contributed by atoms with Crippen LogP contribution in [0.1, 0.15) is 26.3 Å². The Morgan fingerprint density at radius 1 is 1.11 bits per heavy atom. The van der Waals surface area contributed by atoms with E-state index < -0.39 is 5.82 Å². The molecule has 2 rings (SSSR count). The predicted octanol–water partition coefficient (Wildman–Crippen LogP) is 7.74. The van der Waals surface area contributed by atoms with Gasteiger partial charge in [0.25, 0.3) is 0 Å². The summed E-state index contributed by atoms with van der Waals surface area (Å²) < 4.78 is 26.4. The molecule has 0 amide bonds. The molecule has 0 aliphatic heterocycles. The second kappa shape index (κ2) is 10.2. The first-order valence-electron chi connectivity index (χ1n) is 8.56. The molecular formula is C22H23Br2FO2. The molecule has 0 bridgehead atoms. The minimum Gasteiger partial charge on any atom is -0.454 e. The highest BCUT2D eigenvalue weighted by Gasteiger charge is 2.15. The molecule has 5 heteroatoms. The van der Waals surface area contributed by atoms with E-state index in [4.69, 9.17) is 9.47 Å². The normalized spacial score (nSPS) is 12.0. The van der Waals surface area contributed by atoms with Crippen molar-refractivity contribution in [3.8, 4) is 11.5 Å². The van der Waals surface area contributed by atoms with E-state index in [1.54, 1.807) is 24.3 Å². The molecule has 0 aromatic heterocycles. The molecule has 0 spiro atoms. The standard InChI is InChI=1S/C22H23Br2FO2/c1-16(11-21(23)24)13-22(2,3)15-26-14-17-9-10-19(25)20(12-17)27-18-7-5-4-6-8-18/h4-13H,14-15H2,1-3H3. The molecule has 0 heterocycles. The molecule has 0 N–H and O–H groups in total. The first-order valence-corrected chi connectivity index (χ1v) is 10.1. The summed E-state index contributed by atoms with van der Waals surface area (Å²) >= 11 is 6.73. The molecule has 144 valence electrons. The molecule has 2 aromatic carbocycles. The number of para-hydroxylation sites is 1. The van der Waals surface area contributed by atoms with Crippen molar-refractivity contribution in [2.45, 2.75) is 27.4 Å². The quantitative estimate of drug-likeness (QED) is 0.347. The summed E-state index contributed by atoms with van der Waals surface area (Å²) in [6.45, 7) is 7.20. The third-order valence-electron chi connectivity index (χ3n) is 3.66. The SMILES string of the molecule is CC(C=C(Br)Br)=CC(C)(C)COCc1ccc(F)c(Oc2ccccc2)c1. The van der Waals surface area contributed by atoms with Gasteiger partial charge in [-0.1, -0.05) is 49.8 Å². The van der Waals surface area contributed by atoms with Gasteiger partial charge in [0, 0.05) is 5.41 Å². The van der Waals surface area contributed by atoms with Crippen LogP contribution >= 0.6 is 31.9 Å². The Morgan fingerprint density at radius 2 is 1.81 bits per heavy atom. The highest BCUT2D eigenvalue weighted by Crippen LogP contribution is 2.27. The van der Waals surface area contributed by atoms with E-state index in [9.17, 15) is 4.39 Å². The number of ether oxygens (including phenoxy) is 2. The topological polar surface area (TPSA) is 18.5 Å². The second-order valence-corrected chi connectivity index (χ2v) is 9.76. The Labute approximate surface area is 177 Å². The van der Waals surface area contributed by atoms with Crippen LogP contribution < -0.4 is 4.74 Å². The van der Waals surface area contributed by atoms with Crippen LogP contribution in [-0.2, 0) is 11.3 Å². The second-order valence-electron chi connectivity index (χ2n) is 6.98. The fourth-order valence-corrected chi connectivity index (χ4v) is 3.36. The van der Waals surface area contributed by atoms with Crippen molar-refractivity contribution in [1.29, 1.82) is 0 Å². The Balaban J connectivity index is 1.98. The van der Waals surface area contributed by atoms with Crippen molar-refractivity contribution in [3.63, 3.8) is 0 Å². The minimum atomic E-state index is -0.395. The van der Waals surface area contributed by atoms with E-state index in [-0.39, 0.29) is 11.2 Å². The van der Waals surface area contributed by atoms with Crippen LogP contribution in [0, 0.1) is 11.2 Å². The van der Waals surface area contributed by atoms with Crippen LogP contribution in [0.15, 0.2) is 69.6 Å². The average molecular weight is 498 g/mol. The van der Waals surface area contributed by atoms with Crippen LogP contribution in [0.4, 0.5) is 4.39 Å². The van der Waals surface area contributed by atoms with Gasteiger partial charge in [0.2, 0.25) is 0 Å². The first kappa shape index (κ1) is 21.9. The lowest BCUT2D eigenvalue weighted by atomic mass is 9.92. The number of rotatable bonds is 8. The van der Waals surface area contributed by atoms with Crippen molar-refractivity contribution in [1.82, 2.24) is 0 Å². The first-order chi connectivity index (χ1) is 12.7. The largest absolute Gasteiger partial charge is 0.454 e.